The molecule has 23 heavy (non-hydrogen) atoms. The first-order valence-corrected chi connectivity index (χ1v) is 8.36. The highest BCUT2D eigenvalue weighted by Crippen LogP contribution is 2.24. The maximum Gasteiger partial charge on any atom is 0.287 e. The summed E-state index contributed by atoms with van der Waals surface area (Å²) in [7, 11) is 0. The average molecular weight is 312 g/mol. The van der Waals surface area contributed by atoms with E-state index in [1.165, 1.54) is 36.7 Å². The predicted molar refractivity (Wildman–Crippen MR) is 90.4 cm³/mol. The number of aryl methyl sites for hydroxylation is 1. The van der Waals surface area contributed by atoms with Crippen LogP contribution in [0.5, 0.6) is 0 Å². The zero-order valence-electron chi connectivity index (χ0n) is 13.6. The number of benzene rings is 1. The molecule has 1 aromatic carbocycles. The number of amides is 1. The Balaban J connectivity index is 1.72. The molecule has 0 aliphatic carbocycles. The van der Waals surface area contributed by atoms with Crippen molar-refractivity contribution in [1.29, 1.82) is 0 Å². The van der Waals surface area contributed by atoms with Gasteiger partial charge in [-0.3, -0.25) is 9.69 Å². The Morgan fingerprint density at radius 1 is 1.17 bits per heavy atom. The van der Waals surface area contributed by atoms with Gasteiger partial charge in [-0.15, -0.1) is 0 Å². The first kappa shape index (κ1) is 15.8. The second-order valence-electron chi connectivity index (χ2n) is 6.21. The van der Waals surface area contributed by atoms with E-state index < -0.39 is 0 Å². The highest BCUT2D eigenvalue weighted by Gasteiger charge is 2.23. The number of rotatable bonds is 5. The molecule has 4 heteroatoms. The molecule has 4 nitrogen and oxygen atoms in total. The van der Waals surface area contributed by atoms with Gasteiger partial charge in [0.05, 0.1) is 12.3 Å². The molecular formula is C19H24N2O2. The molecule has 1 aliphatic heterocycles. The van der Waals surface area contributed by atoms with Gasteiger partial charge >= 0.3 is 0 Å². The zero-order chi connectivity index (χ0) is 16.1. The number of nitrogens with one attached hydrogen (secondary N) is 1. The number of carbonyl (C=O) groups is 1. The van der Waals surface area contributed by atoms with E-state index in [0.717, 1.165) is 13.1 Å². The van der Waals surface area contributed by atoms with Gasteiger partial charge in [0.1, 0.15) is 0 Å². The van der Waals surface area contributed by atoms with E-state index in [1.807, 2.05) is 0 Å². The van der Waals surface area contributed by atoms with Crippen molar-refractivity contribution in [2.75, 3.05) is 19.6 Å². The Morgan fingerprint density at radius 3 is 2.57 bits per heavy atom. The maximum absolute atomic E-state index is 12.2. The predicted octanol–water partition coefficient (Wildman–Crippen LogP) is 3.55. The minimum atomic E-state index is -0.149. The number of likely N-dealkylation sites (tertiary alicyclic amines) is 1. The molecule has 0 unspecified atom stereocenters. The minimum absolute atomic E-state index is 0.149. The first-order valence-electron chi connectivity index (χ1n) is 8.36. The van der Waals surface area contributed by atoms with Crippen molar-refractivity contribution < 1.29 is 9.21 Å². The molecule has 122 valence electrons. The van der Waals surface area contributed by atoms with Gasteiger partial charge in [0.2, 0.25) is 0 Å². The van der Waals surface area contributed by atoms with Gasteiger partial charge in [0, 0.05) is 6.54 Å². The average Bonchev–Trinajstić information content (AvgIpc) is 3.12. The lowest BCUT2D eigenvalue weighted by molar-refractivity contribution is 0.0897. The van der Waals surface area contributed by atoms with Crippen LogP contribution >= 0.6 is 0 Å². The molecule has 1 atom stereocenters. The molecule has 1 saturated heterocycles. The van der Waals surface area contributed by atoms with E-state index in [0.29, 0.717) is 12.3 Å². The highest BCUT2D eigenvalue weighted by molar-refractivity contribution is 5.91. The lowest BCUT2D eigenvalue weighted by atomic mass is 10.0. The molecule has 3 rings (SSSR count). The maximum atomic E-state index is 12.2. The van der Waals surface area contributed by atoms with Crippen LogP contribution in [0.3, 0.4) is 0 Å². The van der Waals surface area contributed by atoms with Crippen LogP contribution < -0.4 is 5.32 Å². The Kier molecular flexibility index (Phi) is 5.13. The standard InChI is InChI=1S/C19H24N2O2/c1-15-7-9-16(10-8-15)17(21-11-3-2-4-12-21)14-20-19(22)18-6-5-13-23-18/h5-10,13,17H,2-4,11-12,14H2,1H3,(H,20,22)/t17-/m1/s1. The normalized spacial score (nSPS) is 16.9. The molecule has 1 N–H and O–H groups in total. The molecule has 0 bridgehead atoms. The summed E-state index contributed by atoms with van der Waals surface area (Å²) < 4.78 is 5.17. The quantitative estimate of drug-likeness (QED) is 0.918. The zero-order valence-corrected chi connectivity index (χ0v) is 13.6. The van der Waals surface area contributed by atoms with Gasteiger partial charge in [-0.25, -0.2) is 0 Å². The lowest BCUT2D eigenvalue weighted by Gasteiger charge is -2.35. The van der Waals surface area contributed by atoms with Crippen LogP contribution in [0.15, 0.2) is 47.1 Å². The van der Waals surface area contributed by atoms with Crippen molar-refractivity contribution in [3.63, 3.8) is 0 Å². The summed E-state index contributed by atoms with van der Waals surface area (Å²) in [6.07, 6.45) is 5.29. The van der Waals surface area contributed by atoms with Gasteiger partial charge in [-0.05, 0) is 50.6 Å². The molecule has 1 amide bonds. The fourth-order valence-corrected chi connectivity index (χ4v) is 3.16. The largest absolute Gasteiger partial charge is 0.459 e. The van der Waals surface area contributed by atoms with Crippen LogP contribution in [0.2, 0.25) is 0 Å². The molecule has 0 spiro atoms. The van der Waals surface area contributed by atoms with Crippen LogP contribution in [-0.4, -0.2) is 30.4 Å². The molecule has 1 aliphatic rings. The number of hydrogen-bond donors (Lipinski definition) is 1. The van der Waals surface area contributed by atoms with E-state index >= 15 is 0 Å². The topological polar surface area (TPSA) is 45.5 Å². The van der Waals surface area contributed by atoms with Crippen molar-refractivity contribution in [2.45, 2.75) is 32.2 Å². The van der Waals surface area contributed by atoms with Crippen LogP contribution in [0.1, 0.15) is 47.0 Å². The van der Waals surface area contributed by atoms with Gasteiger partial charge in [0.15, 0.2) is 5.76 Å². The van der Waals surface area contributed by atoms with E-state index in [-0.39, 0.29) is 11.9 Å². The fraction of sp³-hybridized carbons (Fsp3) is 0.421. The summed E-state index contributed by atoms with van der Waals surface area (Å²) in [6, 6.07) is 12.3. The Hall–Kier alpha value is -2.07. The lowest BCUT2D eigenvalue weighted by Crippen LogP contribution is -2.40. The van der Waals surface area contributed by atoms with Crippen molar-refractivity contribution >= 4 is 5.91 Å². The van der Waals surface area contributed by atoms with Gasteiger partial charge < -0.3 is 9.73 Å². The first-order chi connectivity index (χ1) is 11.2. The van der Waals surface area contributed by atoms with Crippen molar-refractivity contribution in [3.8, 4) is 0 Å². The molecule has 2 aromatic rings. The Labute approximate surface area is 137 Å². The highest BCUT2D eigenvalue weighted by atomic mass is 16.3. The smallest absolute Gasteiger partial charge is 0.287 e. The van der Waals surface area contributed by atoms with Crippen molar-refractivity contribution in [3.05, 3.63) is 59.5 Å². The van der Waals surface area contributed by atoms with E-state index in [9.17, 15) is 4.79 Å². The number of hydrogen-bond acceptors (Lipinski definition) is 3. The minimum Gasteiger partial charge on any atom is -0.459 e. The van der Waals surface area contributed by atoms with Crippen molar-refractivity contribution in [2.24, 2.45) is 0 Å². The monoisotopic (exact) mass is 312 g/mol. The Bertz CT molecular complexity index is 613. The van der Waals surface area contributed by atoms with Gasteiger partial charge in [-0.2, -0.15) is 0 Å². The molecular weight excluding hydrogens is 288 g/mol. The third-order valence-corrected chi connectivity index (χ3v) is 4.49. The van der Waals surface area contributed by atoms with Gasteiger partial charge in [-0.1, -0.05) is 36.2 Å². The molecule has 2 heterocycles. The number of furan rings is 1. The Morgan fingerprint density at radius 2 is 1.91 bits per heavy atom. The van der Waals surface area contributed by atoms with Crippen LogP contribution in [0, 0.1) is 6.92 Å². The summed E-state index contributed by atoms with van der Waals surface area (Å²) in [4.78, 5) is 14.6. The SMILES string of the molecule is Cc1ccc([C@@H](CNC(=O)c2ccco2)N2CCCCC2)cc1. The van der Waals surface area contributed by atoms with Gasteiger partial charge in [0.25, 0.3) is 5.91 Å². The second-order valence-corrected chi connectivity index (χ2v) is 6.21. The van der Waals surface area contributed by atoms with E-state index in [4.69, 9.17) is 4.42 Å². The summed E-state index contributed by atoms with van der Waals surface area (Å²) in [6.45, 7) is 4.88. The molecule has 1 fully saturated rings. The van der Waals surface area contributed by atoms with E-state index in [1.54, 1.807) is 12.1 Å². The molecule has 0 radical (unpaired) electrons. The summed E-state index contributed by atoms with van der Waals surface area (Å²) in [5, 5.41) is 3.02. The van der Waals surface area contributed by atoms with Crippen LogP contribution in [0.25, 0.3) is 0 Å². The van der Waals surface area contributed by atoms with E-state index in [2.05, 4.69) is 41.4 Å². The number of piperidine rings is 1. The third-order valence-electron chi connectivity index (χ3n) is 4.49. The van der Waals surface area contributed by atoms with Crippen LogP contribution in [-0.2, 0) is 0 Å². The molecule has 1 aromatic heterocycles. The molecule has 0 saturated carbocycles. The van der Waals surface area contributed by atoms with Crippen molar-refractivity contribution in [1.82, 2.24) is 10.2 Å². The summed E-state index contributed by atoms with van der Waals surface area (Å²) in [5.41, 5.74) is 2.52. The van der Waals surface area contributed by atoms with Crippen LogP contribution in [0.4, 0.5) is 0 Å². The summed E-state index contributed by atoms with van der Waals surface area (Å²) in [5.74, 6) is 0.218. The fourth-order valence-electron chi connectivity index (χ4n) is 3.16. The third kappa shape index (κ3) is 4.02. The second kappa shape index (κ2) is 7.47. The summed E-state index contributed by atoms with van der Waals surface area (Å²) >= 11 is 0. The number of nitrogens with zero attached hydrogens (tertiary/aromatic N) is 1. The number of carbonyl (C=O) groups excluding carboxylic acids is 1.